The zero-order valence-corrected chi connectivity index (χ0v) is 15.0. The van der Waals surface area contributed by atoms with Crippen molar-refractivity contribution in [3.8, 4) is 11.8 Å². The number of nitrogens with zero attached hydrogens (tertiary/aromatic N) is 4. The first-order valence-corrected chi connectivity index (χ1v) is 8.66. The molecule has 3 rings (SSSR count). The summed E-state index contributed by atoms with van der Waals surface area (Å²) in [7, 11) is 0. The zero-order valence-electron chi connectivity index (χ0n) is 14.2. The van der Waals surface area contributed by atoms with Crippen molar-refractivity contribution < 1.29 is 9.13 Å². The smallest absolute Gasteiger partial charge is 0.285 e. The van der Waals surface area contributed by atoms with Gasteiger partial charge in [0, 0.05) is 5.38 Å². The largest absolute Gasteiger partial charge is 0.486 e. The van der Waals surface area contributed by atoms with Gasteiger partial charge in [-0.05, 0) is 43.7 Å². The van der Waals surface area contributed by atoms with E-state index in [0.717, 1.165) is 5.01 Å². The zero-order chi connectivity index (χ0) is 18.7. The standard InChI is InChI=1S/C18H15FN4O2S/c1-11-12(2)22-23(18(24)16(11)7-20)8-14-10-26-17(21-14)9-25-15-5-3-13(19)4-6-15/h3-6,10H,8-9H2,1-2H3. The molecule has 0 saturated heterocycles. The van der Waals surface area contributed by atoms with Crippen LogP contribution in [0.15, 0.2) is 34.4 Å². The number of aromatic nitrogens is 3. The van der Waals surface area contributed by atoms with E-state index < -0.39 is 5.56 Å². The maximum Gasteiger partial charge on any atom is 0.285 e. The van der Waals surface area contributed by atoms with Crippen molar-refractivity contribution in [2.75, 3.05) is 0 Å². The van der Waals surface area contributed by atoms with Crippen LogP contribution in [-0.2, 0) is 13.2 Å². The van der Waals surface area contributed by atoms with Crippen molar-refractivity contribution in [1.29, 1.82) is 5.26 Å². The molecule has 26 heavy (non-hydrogen) atoms. The summed E-state index contributed by atoms with van der Waals surface area (Å²) in [6, 6.07) is 7.69. The molecule has 0 atom stereocenters. The van der Waals surface area contributed by atoms with Gasteiger partial charge in [0.1, 0.15) is 34.8 Å². The topological polar surface area (TPSA) is 80.8 Å². The van der Waals surface area contributed by atoms with Crippen LogP contribution in [0.1, 0.15) is 27.5 Å². The van der Waals surface area contributed by atoms with Gasteiger partial charge >= 0.3 is 0 Å². The summed E-state index contributed by atoms with van der Waals surface area (Å²) in [5, 5.41) is 15.9. The molecule has 0 saturated carbocycles. The first kappa shape index (κ1) is 17.8. The predicted molar refractivity (Wildman–Crippen MR) is 94.6 cm³/mol. The molecule has 2 aromatic heterocycles. The van der Waals surface area contributed by atoms with Gasteiger partial charge in [-0.2, -0.15) is 10.4 Å². The van der Waals surface area contributed by atoms with E-state index in [-0.39, 0.29) is 24.5 Å². The molecule has 0 spiro atoms. The van der Waals surface area contributed by atoms with E-state index in [9.17, 15) is 9.18 Å². The van der Waals surface area contributed by atoms with E-state index in [2.05, 4.69) is 10.1 Å². The Labute approximate surface area is 153 Å². The molecule has 0 aliphatic rings. The van der Waals surface area contributed by atoms with E-state index in [1.807, 2.05) is 11.4 Å². The van der Waals surface area contributed by atoms with Crippen LogP contribution in [0.5, 0.6) is 5.75 Å². The normalized spacial score (nSPS) is 10.5. The molecule has 0 radical (unpaired) electrons. The Kier molecular flexibility index (Phi) is 5.09. The van der Waals surface area contributed by atoms with E-state index in [0.29, 0.717) is 22.7 Å². The Bertz CT molecular complexity index is 1030. The van der Waals surface area contributed by atoms with Crippen LogP contribution in [0.2, 0.25) is 0 Å². The van der Waals surface area contributed by atoms with Crippen LogP contribution in [0.25, 0.3) is 0 Å². The summed E-state index contributed by atoms with van der Waals surface area (Å²) in [5.41, 5.74) is 1.58. The van der Waals surface area contributed by atoms with Gasteiger partial charge in [0.25, 0.3) is 5.56 Å². The molecule has 3 aromatic rings. The Hall–Kier alpha value is -3.05. The summed E-state index contributed by atoms with van der Waals surface area (Å²) in [5.74, 6) is 0.228. The maximum absolute atomic E-state index is 12.9. The molecular weight excluding hydrogens is 355 g/mol. The second kappa shape index (κ2) is 7.45. The highest BCUT2D eigenvalue weighted by molar-refractivity contribution is 7.09. The number of halogens is 1. The van der Waals surface area contributed by atoms with Gasteiger partial charge in [0.05, 0.1) is 17.9 Å². The van der Waals surface area contributed by atoms with E-state index in [4.69, 9.17) is 10.00 Å². The third-order valence-corrected chi connectivity index (χ3v) is 4.71. The fourth-order valence-corrected chi connectivity index (χ4v) is 3.02. The molecule has 132 valence electrons. The summed E-state index contributed by atoms with van der Waals surface area (Å²) < 4.78 is 19.7. The van der Waals surface area contributed by atoms with Gasteiger partial charge in [-0.1, -0.05) is 0 Å². The first-order chi connectivity index (χ1) is 12.5. The fraction of sp³-hybridized carbons (Fsp3) is 0.222. The van der Waals surface area contributed by atoms with Crippen molar-refractivity contribution in [1.82, 2.24) is 14.8 Å². The Balaban J connectivity index is 1.73. The molecule has 0 aliphatic carbocycles. The Morgan fingerprint density at radius 3 is 2.73 bits per heavy atom. The van der Waals surface area contributed by atoms with Crippen molar-refractivity contribution in [2.45, 2.75) is 27.0 Å². The highest BCUT2D eigenvalue weighted by Crippen LogP contribution is 2.16. The van der Waals surface area contributed by atoms with Crippen LogP contribution >= 0.6 is 11.3 Å². The van der Waals surface area contributed by atoms with Crippen LogP contribution < -0.4 is 10.3 Å². The van der Waals surface area contributed by atoms with Crippen LogP contribution in [0, 0.1) is 31.0 Å². The van der Waals surface area contributed by atoms with Gasteiger partial charge in [-0.3, -0.25) is 4.79 Å². The van der Waals surface area contributed by atoms with Crippen molar-refractivity contribution in [3.05, 3.63) is 73.3 Å². The summed E-state index contributed by atoms with van der Waals surface area (Å²) in [4.78, 5) is 16.7. The highest BCUT2D eigenvalue weighted by Gasteiger charge is 2.13. The second-order valence-corrected chi connectivity index (χ2v) is 6.58. The lowest BCUT2D eigenvalue weighted by atomic mass is 10.1. The summed E-state index contributed by atoms with van der Waals surface area (Å²) >= 11 is 1.40. The van der Waals surface area contributed by atoms with Crippen LogP contribution in [0.4, 0.5) is 4.39 Å². The molecule has 0 fully saturated rings. The van der Waals surface area contributed by atoms with Gasteiger partial charge in [-0.15, -0.1) is 11.3 Å². The minimum absolute atomic E-state index is 0.104. The second-order valence-electron chi connectivity index (χ2n) is 5.64. The average Bonchev–Trinajstić information content (AvgIpc) is 3.07. The molecule has 0 aliphatic heterocycles. The quantitative estimate of drug-likeness (QED) is 0.690. The van der Waals surface area contributed by atoms with Gasteiger partial charge in [0.15, 0.2) is 0 Å². The molecule has 0 amide bonds. The number of ether oxygens (including phenoxy) is 1. The lowest BCUT2D eigenvalue weighted by Gasteiger charge is -2.07. The minimum atomic E-state index is -0.423. The summed E-state index contributed by atoms with van der Waals surface area (Å²) in [6.07, 6.45) is 0. The maximum atomic E-state index is 12.9. The molecule has 0 unspecified atom stereocenters. The molecule has 2 heterocycles. The third-order valence-electron chi connectivity index (χ3n) is 3.84. The minimum Gasteiger partial charge on any atom is -0.486 e. The van der Waals surface area contributed by atoms with E-state index in [1.54, 1.807) is 26.0 Å². The van der Waals surface area contributed by atoms with Gasteiger partial charge in [0.2, 0.25) is 0 Å². The number of hydrogen-bond donors (Lipinski definition) is 0. The van der Waals surface area contributed by atoms with Crippen molar-refractivity contribution in [3.63, 3.8) is 0 Å². The lowest BCUT2D eigenvalue weighted by Crippen LogP contribution is -2.28. The Morgan fingerprint density at radius 1 is 1.31 bits per heavy atom. The number of nitriles is 1. The third kappa shape index (κ3) is 3.78. The molecular formula is C18H15FN4O2S. The predicted octanol–water partition coefficient (Wildman–Crippen LogP) is 2.95. The van der Waals surface area contributed by atoms with Gasteiger partial charge in [-0.25, -0.2) is 14.1 Å². The summed E-state index contributed by atoms with van der Waals surface area (Å²) in [6.45, 7) is 3.90. The van der Waals surface area contributed by atoms with E-state index >= 15 is 0 Å². The lowest BCUT2D eigenvalue weighted by molar-refractivity contribution is 0.304. The molecule has 0 bridgehead atoms. The monoisotopic (exact) mass is 370 g/mol. The number of thiazole rings is 1. The SMILES string of the molecule is Cc1nn(Cc2csc(COc3ccc(F)cc3)n2)c(=O)c(C#N)c1C. The number of benzene rings is 1. The highest BCUT2D eigenvalue weighted by atomic mass is 32.1. The van der Waals surface area contributed by atoms with Crippen molar-refractivity contribution >= 4 is 11.3 Å². The molecule has 6 nitrogen and oxygen atoms in total. The van der Waals surface area contributed by atoms with Crippen molar-refractivity contribution in [2.24, 2.45) is 0 Å². The fourth-order valence-electron chi connectivity index (χ4n) is 2.33. The molecule has 1 aromatic carbocycles. The van der Waals surface area contributed by atoms with Crippen LogP contribution in [0.3, 0.4) is 0 Å². The van der Waals surface area contributed by atoms with Crippen LogP contribution in [-0.4, -0.2) is 14.8 Å². The number of rotatable bonds is 5. The molecule has 8 heteroatoms. The first-order valence-electron chi connectivity index (χ1n) is 7.78. The van der Waals surface area contributed by atoms with E-state index in [1.165, 1.54) is 28.2 Å². The average molecular weight is 370 g/mol. The van der Waals surface area contributed by atoms with Gasteiger partial charge < -0.3 is 4.74 Å². The number of aryl methyl sites for hydroxylation is 1. The Morgan fingerprint density at radius 2 is 2.04 bits per heavy atom. The molecule has 0 N–H and O–H groups in total. The number of hydrogen-bond acceptors (Lipinski definition) is 6.